The molecule has 0 saturated heterocycles. The molecule has 2 heterocycles. The van der Waals surface area contributed by atoms with Crippen LogP contribution in [0.2, 0.25) is 0 Å². The van der Waals surface area contributed by atoms with Crippen molar-refractivity contribution >= 4 is 34.5 Å². The van der Waals surface area contributed by atoms with E-state index < -0.39 is 12.3 Å². The number of amides is 2. The molecule has 0 aliphatic rings. The molecule has 1 aromatic carbocycles. The minimum atomic E-state index is -4.79. The van der Waals surface area contributed by atoms with Gasteiger partial charge in [0.2, 0.25) is 10.0 Å². The second kappa shape index (κ2) is 11.3. The summed E-state index contributed by atoms with van der Waals surface area (Å²) in [6.45, 7) is 1.75. The molecule has 0 saturated carbocycles. The van der Waals surface area contributed by atoms with Crippen LogP contribution in [0.1, 0.15) is 53.6 Å². The fourth-order valence-corrected chi connectivity index (χ4v) is 4.46. The number of hydrogen-bond donors (Lipinski definition) is 2. The summed E-state index contributed by atoms with van der Waals surface area (Å²) < 4.78 is 41.2. The number of carbonyl (C=O) groups excluding carboxylic acids is 2. The molecule has 3 aromatic rings. The molecular formula is C20H21F3N6O3S2. The maximum atomic E-state index is 12.4. The number of benzene rings is 1. The van der Waals surface area contributed by atoms with E-state index in [1.54, 1.807) is 6.92 Å². The molecule has 2 N–H and O–H groups in total. The normalized spacial score (nSPS) is 11.3. The number of aryl methyl sites for hydroxylation is 3. The number of ether oxygens (including phenoxy) is 1. The van der Waals surface area contributed by atoms with Crippen molar-refractivity contribution in [2.45, 2.75) is 45.5 Å². The second-order valence-corrected chi connectivity index (χ2v) is 9.23. The van der Waals surface area contributed by atoms with Crippen LogP contribution in [-0.4, -0.2) is 45.6 Å². The highest BCUT2D eigenvalue weighted by molar-refractivity contribution is 7.13. The maximum Gasteiger partial charge on any atom is 0.573 e. The zero-order valence-corrected chi connectivity index (χ0v) is 19.9. The van der Waals surface area contributed by atoms with Crippen molar-refractivity contribution in [3.8, 4) is 5.75 Å². The summed E-state index contributed by atoms with van der Waals surface area (Å²) in [6.07, 6.45) is -1.89. The predicted molar refractivity (Wildman–Crippen MR) is 119 cm³/mol. The van der Waals surface area contributed by atoms with E-state index in [0.29, 0.717) is 34.0 Å². The Balaban J connectivity index is 1.46. The highest BCUT2D eigenvalue weighted by atomic mass is 32.1. The molecule has 0 atom stereocenters. The van der Waals surface area contributed by atoms with Crippen LogP contribution >= 0.6 is 22.7 Å². The summed E-state index contributed by atoms with van der Waals surface area (Å²) in [5.74, 6) is -1.07. The summed E-state index contributed by atoms with van der Waals surface area (Å²) >= 11 is 2.41. The summed E-state index contributed by atoms with van der Waals surface area (Å²) in [5, 5.41) is 22.9. The number of nitrogens with zero attached hydrogens (tertiary/aromatic N) is 4. The molecule has 0 bridgehead atoms. The first kappa shape index (κ1) is 25.5. The van der Waals surface area contributed by atoms with Crippen molar-refractivity contribution in [3.05, 3.63) is 49.4 Å². The van der Waals surface area contributed by atoms with Crippen LogP contribution in [0.5, 0.6) is 5.75 Å². The molecule has 0 aliphatic heterocycles. The van der Waals surface area contributed by atoms with Crippen molar-refractivity contribution in [1.29, 1.82) is 0 Å². The molecule has 0 unspecified atom stereocenters. The van der Waals surface area contributed by atoms with Crippen LogP contribution in [0.25, 0.3) is 0 Å². The van der Waals surface area contributed by atoms with E-state index in [0.717, 1.165) is 29.2 Å². The van der Waals surface area contributed by atoms with Crippen LogP contribution in [0, 0.1) is 6.92 Å². The number of carbonyl (C=O) groups is 2. The van der Waals surface area contributed by atoms with Gasteiger partial charge in [0.05, 0.1) is 0 Å². The predicted octanol–water partition coefficient (Wildman–Crippen LogP) is 3.45. The number of alkyl halides is 3. The third-order valence-corrected chi connectivity index (χ3v) is 6.54. The van der Waals surface area contributed by atoms with Crippen molar-refractivity contribution in [3.63, 3.8) is 0 Å². The van der Waals surface area contributed by atoms with Crippen molar-refractivity contribution < 1.29 is 27.5 Å². The van der Waals surface area contributed by atoms with Gasteiger partial charge in [-0.2, -0.15) is 0 Å². The third-order valence-electron chi connectivity index (χ3n) is 4.57. The zero-order valence-electron chi connectivity index (χ0n) is 18.2. The molecule has 0 radical (unpaired) electrons. The van der Waals surface area contributed by atoms with Gasteiger partial charge in [-0.15, -0.1) is 33.6 Å². The number of unbranched alkanes of at least 4 members (excludes halogenated alkanes) is 1. The monoisotopic (exact) mass is 514 g/mol. The first-order chi connectivity index (χ1) is 16.1. The molecular weight excluding hydrogens is 493 g/mol. The van der Waals surface area contributed by atoms with Gasteiger partial charge in [-0.1, -0.05) is 28.7 Å². The number of aromatic nitrogens is 4. The van der Waals surface area contributed by atoms with Crippen molar-refractivity contribution in [2.75, 3.05) is 7.05 Å². The van der Waals surface area contributed by atoms with Crippen LogP contribution < -0.4 is 15.4 Å². The van der Waals surface area contributed by atoms with E-state index in [1.165, 1.54) is 36.6 Å². The minimum absolute atomic E-state index is 0.0223. The SMILES string of the molecule is CNC(=O)c1nnc(CCCCc2nnc(C(=O)NCc3cc(OC(F)(F)F)ccc3C)s2)s1. The van der Waals surface area contributed by atoms with E-state index in [2.05, 4.69) is 35.8 Å². The Kier molecular flexibility index (Phi) is 8.50. The molecule has 0 aliphatic carbocycles. The van der Waals surface area contributed by atoms with Crippen LogP contribution in [0.3, 0.4) is 0 Å². The molecule has 0 fully saturated rings. The number of rotatable bonds is 10. The molecule has 182 valence electrons. The maximum absolute atomic E-state index is 12.4. The highest BCUT2D eigenvalue weighted by Crippen LogP contribution is 2.25. The van der Waals surface area contributed by atoms with Crippen molar-refractivity contribution in [1.82, 2.24) is 31.0 Å². The average molecular weight is 515 g/mol. The molecule has 3 rings (SSSR count). The second-order valence-electron chi connectivity index (χ2n) is 7.11. The quantitative estimate of drug-likeness (QED) is 0.398. The Labute approximate surface area is 200 Å². The Morgan fingerprint density at radius 2 is 1.56 bits per heavy atom. The van der Waals surface area contributed by atoms with E-state index >= 15 is 0 Å². The van der Waals surface area contributed by atoms with Gasteiger partial charge >= 0.3 is 6.36 Å². The lowest BCUT2D eigenvalue weighted by Crippen LogP contribution is -2.23. The smallest absolute Gasteiger partial charge is 0.406 e. The number of hydrogen-bond acceptors (Lipinski definition) is 9. The van der Waals surface area contributed by atoms with Gasteiger partial charge in [0, 0.05) is 26.4 Å². The third kappa shape index (κ3) is 7.45. The first-order valence-electron chi connectivity index (χ1n) is 10.1. The molecule has 9 nitrogen and oxygen atoms in total. The Bertz CT molecular complexity index is 1150. The summed E-state index contributed by atoms with van der Waals surface area (Å²) in [7, 11) is 1.53. The Hall–Kier alpha value is -3.13. The van der Waals surface area contributed by atoms with E-state index in [4.69, 9.17) is 0 Å². The summed E-state index contributed by atoms with van der Waals surface area (Å²) in [4.78, 5) is 23.9. The van der Waals surface area contributed by atoms with Gasteiger partial charge in [0.1, 0.15) is 15.8 Å². The van der Waals surface area contributed by atoms with E-state index in [1.807, 2.05) is 0 Å². The lowest BCUT2D eigenvalue weighted by atomic mass is 10.1. The molecule has 2 amide bonds. The number of halogens is 3. The summed E-state index contributed by atoms with van der Waals surface area (Å²) in [6, 6.07) is 3.95. The van der Waals surface area contributed by atoms with Crippen LogP contribution in [0.4, 0.5) is 13.2 Å². The van der Waals surface area contributed by atoms with Crippen LogP contribution in [-0.2, 0) is 19.4 Å². The minimum Gasteiger partial charge on any atom is -0.406 e. The largest absolute Gasteiger partial charge is 0.573 e. The van der Waals surface area contributed by atoms with Gasteiger partial charge < -0.3 is 15.4 Å². The first-order valence-corrected chi connectivity index (χ1v) is 11.8. The lowest BCUT2D eigenvalue weighted by molar-refractivity contribution is -0.274. The lowest BCUT2D eigenvalue weighted by Gasteiger charge is -2.12. The van der Waals surface area contributed by atoms with Gasteiger partial charge in [0.15, 0.2) is 0 Å². The van der Waals surface area contributed by atoms with Gasteiger partial charge in [-0.05, 0) is 43.0 Å². The summed E-state index contributed by atoms with van der Waals surface area (Å²) in [5.41, 5.74) is 1.21. The Morgan fingerprint density at radius 3 is 2.12 bits per heavy atom. The molecule has 2 aromatic heterocycles. The fraction of sp³-hybridized carbons (Fsp3) is 0.400. The van der Waals surface area contributed by atoms with Gasteiger partial charge in [-0.3, -0.25) is 9.59 Å². The van der Waals surface area contributed by atoms with E-state index in [-0.39, 0.29) is 23.2 Å². The van der Waals surface area contributed by atoms with Crippen molar-refractivity contribution in [2.24, 2.45) is 0 Å². The van der Waals surface area contributed by atoms with E-state index in [9.17, 15) is 22.8 Å². The molecule has 14 heteroatoms. The highest BCUT2D eigenvalue weighted by Gasteiger charge is 2.31. The van der Waals surface area contributed by atoms with Gasteiger partial charge in [-0.25, -0.2) is 0 Å². The molecule has 0 spiro atoms. The molecule has 34 heavy (non-hydrogen) atoms. The number of nitrogens with one attached hydrogen (secondary N) is 2. The standard InChI is InChI=1S/C20H21F3N6O3S2/c1-11-7-8-13(32-20(21,22)23)9-12(11)10-25-17(31)19-29-27-15(34-19)6-4-3-5-14-26-28-18(33-14)16(30)24-2/h7-9H,3-6,10H2,1-2H3,(H,24,30)(H,25,31). The van der Waals surface area contributed by atoms with Gasteiger partial charge in [0.25, 0.3) is 11.8 Å². The topological polar surface area (TPSA) is 119 Å². The fourth-order valence-electron chi connectivity index (χ4n) is 2.84. The average Bonchev–Trinajstić information content (AvgIpc) is 3.45. The van der Waals surface area contributed by atoms with Crippen LogP contribution in [0.15, 0.2) is 18.2 Å². The zero-order chi connectivity index (χ0) is 24.7. The Morgan fingerprint density at radius 1 is 0.971 bits per heavy atom.